The lowest BCUT2D eigenvalue weighted by Gasteiger charge is -2.18. The van der Waals surface area contributed by atoms with E-state index in [0.29, 0.717) is 6.54 Å². The summed E-state index contributed by atoms with van der Waals surface area (Å²) in [5, 5.41) is 4.47. The number of benzene rings is 1. The first-order valence-electron chi connectivity index (χ1n) is 7.51. The number of halogens is 1. The molecule has 3 heterocycles. The van der Waals surface area contributed by atoms with Gasteiger partial charge in [0.25, 0.3) is 0 Å². The van der Waals surface area contributed by atoms with Gasteiger partial charge in [-0.25, -0.2) is 9.37 Å². The summed E-state index contributed by atoms with van der Waals surface area (Å²) in [5.41, 5.74) is 4.35. The molecule has 0 bridgehead atoms. The van der Waals surface area contributed by atoms with E-state index < -0.39 is 0 Å². The summed E-state index contributed by atoms with van der Waals surface area (Å²) < 4.78 is 15.0. The number of fused-ring (bicyclic) bond motifs is 1. The van der Waals surface area contributed by atoms with Crippen LogP contribution in [-0.4, -0.2) is 19.7 Å². The third-order valence-corrected chi connectivity index (χ3v) is 4.14. The fourth-order valence-corrected chi connectivity index (χ4v) is 2.97. The van der Waals surface area contributed by atoms with Crippen molar-refractivity contribution in [2.75, 3.05) is 4.90 Å². The lowest BCUT2D eigenvalue weighted by Crippen LogP contribution is -2.19. The van der Waals surface area contributed by atoms with Crippen molar-refractivity contribution >= 4 is 5.82 Å². The standard InChI is InChI=1S/C17H16FN5/c1-12-17(20-7-6-19-12)22-10-14-8-21-23(16(14)11-22)9-13-2-4-15(18)5-3-13/h2-8H,9-11H2,1H3. The molecule has 0 amide bonds. The monoisotopic (exact) mass is 309 g/mol. The van der Waals surface area contributed by atoms with Crippen LogP contribution >= 0.6 is 0 Å². The second kappa shape index (κ2) is 5.46. The third-order valence-electron chi connectivity index (χ3n) is 4.14. The van der Waals surface area contributed by atoms with Gasteiger partial charge in [-0.2, -0.15) is 5.10 Å². The fourth-order valence-electron chi connectivity index (χ4n) is 2.97. The second-order valence-electron chi connectivity index (χ2n) is 5.72. The number of nitrogens with zero attached hydrogens (tertiary/aromatic N) is 5. The molecule has 0 spiro atoms. The third kappa shape index (κ3) is 2.56. The molecule has 1 aromatic carbocycles. The van der Waals surface area contributed by atoms with Crippen LogP contribution in [0.3, 0.4) is 0 Å². The number of hydrogen-bond acceptors (Lipinski definition) is 4. The Bertz CT molecular complexity index is 840. The van der Waals surface area contributed by atoms with Crippen molar-refractivity contribution in [2.24, 2.45) is 0 Å². The molecule has 1 aliphatic rings. The Morgan fingerprint density at radius 1 is 1.09 bits per heavy atom. The Morgan fingerprint density at radius 2 is 1.87 bits per heavy atom. The summed E-state index contributed by atoms with van der Waals surface area (Å²) in [6, 6.07) is 6.55. The molecular weight excluding hydrogens is 293 g/mol. The van der Waals surface area contributed by atoms with E-state index in [1.807, 2.05) is 17.8 Å². The maximum Gasteiger partial charge on any atom is 0.150 e. The minimum atomic E-state index is -0.219. The topological polar surface area (TPSA) is 46.8 Å². The molecule has 0 unspecified atom stereocenters. The predicted molar refractivity (Wildman–Crippen MR) is 84.4 cm³/mol. The summed E-state index contributed by atoms with van der Waals surface area (Å²) >= 11 is 0. The van der Waals surface area contributed by atoms with Crippen LogP contribution < -0.4 is 4.90 Å². The van der Waals surface area contributed by atoms with Gasteiger partial charge in [0.15, 0.2) is 5.82 Å². The largest absolute Gasteiger partial charge is 0.345 e. The number of hydrogen-bond donors (Lipinski definition) is 0. The van der Waals surface area contributed by atoms with Gasteiger partial charge in [0.2, 0.25) is 0 Å². The molecule has 4 rings (SSSR count). The molecule has 0 radical (unpaired) electrons. The highest BCUT2D eigenvalue weighted by molar-refractivity contribution is 5.47. The molecule has 3 aromatic rings. The van der Waals surface area contributed by atoms with Gasteiger partial charge in [-0.1, -0.05) is 12.1 Å². The van der Waals surface area contributed by atoms with Crippen LogP contribution in [0.25, 0.3) is 0 Å². The highest BCUT2D eigenvalue weighted by atomic mass is 19.1. The predicted octanol–water partition coefficient (Wildman–Crippen LogP) is 2.69. The molecular formula is C17H16FN5. The smallest absolute Gasteiger partial charge is 0.150 e. The van der Waals surface area contributed by atoms with E-state index in [4.69, 9.17) is 0 Å². The average molecular weight is 309 g/mol. The van der Waals surface area contributed by atoms with Gasteiger partial charge in [-0.05, 0) is 24.6 Å². The van der Waals surface area contributed by atoms with Gasteiger partial charge < -0.3 is 4.90 Å². The van der Waals surface area contributed by atoms with Crippen molar-refractivity contribution in [1.29, 1.82) is 0 Å². The van der Waals surface area contributed by atoms with Crippen molar-refractivity contribution in [3.05, 3.63) is 71.2 Å². The second-order valence-corrected chi connectivity index (χ2v) is 5.72. The molecule has 6 heteroatoms. The Kier molecular flexibility index (Phi) is 3.29. The quantitative estimate of drug-likeness (QED) is 0.746. The first-order valence-corrected chi connectivity index (χ1v) is 7.51. The van der Waals surface area contributed by atoms with Crippen molar-refractivity contribution < 1.29 is 4.39 Å². The summed E-state index contributed by atoms with van der Waals surface area (Å²) in [5.74, 6) is 0.695. The van der Waals surface area contributed by atoms with Crippen molar-refractivity contribution in [3.8, 4) is 0 Å². The molecule has 116 valence electrons. The average Bonchev–Trinajstić information content (AvgIpc) is 3.12. The molecule has 0 saturated carbocycles. The van der Waals surface area contributed by atoms with E-state index in [9.17, 15) is 4.39 Å². The summed E-state index contributed by atoms with van der Waals surface area (Å²) in [6.07, 6.45) is 5.33. The van der Waals surface area contributed by atoms with Crippen molar-refractivity contribution in [1.82, 2.24) is 19.7 Å². The lowest BCUT2D eigenvalue weighted by molar-refractivity contribution is 0.620. The first kappa shape index (κ1) is 13.9. The van der Waals surface area contributed by atoms with Crippen molar-refractivity contribution in [3.63, 3.8) is 0 Å². The van der Waals surface area contributed by atoms with Gasteiger partial charge >= 0.3 is 0 Å². The van der Waals surface area contributed by atoms with Gasteiger partial charge in [0.1, 0.15) is 5.82 Å². The van der Waals surface area contributed by atoms with E-state index in [1.165, 1.54) is 23.4 Å². The minimum Gasteiger partial charge on any atom is -0.345 e. The van der Waals surface area contributed by atoms with E-state index in [2.05, 4.69) is 20.0 Å². The van der Waals surface area contributed by atoms with Gasteiger partial charge in [0, 0.05) is 24.5 Å². The molecule has 23 heavy (non-hydrogen) atoms. The van der Waals surface area contributed by atoms with E-state index >= 15 is 0 Å². The van der Waals surface area contributed by atoms with E-state index in [1.54, 1.807) is 24.5 Å². The SMILES string of the molecule is Cc1nccnc1N1Cc2cnn(Cc3ccc(F)cc3)c2C1. The molecule has 0 aliphatic carbocycles. The van der Waals surface area contributed by atoms with E-state index in [-0.39, 0.29) is 5.82 Å². The van der Waals surface area contributed by atoms with E-state index in [0.717, 1.165) is 30.2 Å². The first-order chi connectivity index (χ1) is 11.2. The number of aromatic nitrogens is 4. The molecule has 0 saturated heterocycles. The Balaban J connectivity index is 1.57. The minimum absolute atomic E-state index is 0.219. The molecule has 0 fully saturated rings. The van der Waals surface area contributed by atoms with Crippen LogP contribution in [0.15, 0.2) is 42.9 Å². The molecule has 1 aliphatic heterocycles. The molecule has 2 aromatic heterocycles. The highest BCUT2D eigenvalue weighted by Crippen LogP contribution is 2.28. The number of anilines is 1. The van der Waals surface area contributed by atoms with Crippen LogP contribution in [0.2, 0.25) is 0 Å². The zero-order chi connectivity index (χ0) is 15.8. The lowest BCUT2D eigenvalue weighted by atomic mass is 10.2. The molecule has 5 nitrogen and oxygen atoms in total. The molecule has 0 N–H and O–H groups in total. The molecule has 0 atom stereocenters. The summed E-state index contributed by atoms with van der Waals surface area (Å²) in [7, 11) is 0. The highest BCUT2D eigenvalue weighted by Gasteiger charge is 2.25. The van der Waals surface area contributed by atoms with Gasteiger partial charge in [0.05, 0.1) is 30.7 Å². The normalized spacial score (nSPS) is 13.4. The zero-order valence-corrected chi connectivity index (χ0v) is 12.8. The maximum absolute atomic E-state index is 13.0. The Labute approximate surface area is 133 Å². The van der Waals surface area contributed by atoms with Crippen LogP contribution in [-0.2, 0) is 19.6 Å². The number of aryl methyl sites for hydroxylation is 1. The van der Waals surface area contributed by atoms with Gasteiger partial charge in [-0.3, -0.25) is 9.67 Å². The Morgan fingerprint density at radius 3 is 2.65 bits per heavy atom. The zero-order valence-electron chi connectivity index (χ0n) is 12.8. The Hall–Kier alpha value is -2.76. The van der Waals surface area contributed by atoms with Gasteiger partial charge in [-0.15, -0.1) is 0 Å². The fraction of sp³-hybridized carbons (Fsp3) is 0.235. The van der Waals surface area contributed by atoms with Crippen molar-refractivity contribution in [2.45, 2.75) is 26.6 Å². The number of rotatable bonds is 3. The van der Waals surface area contributed by atoms with Crippen LogP contribution in [0.1, 0.15) is 22.5 Å². The van der Waals surface area contributed by atoms with Crippen LogP contribution in [0.4, 0.5) is 10.2 Å². The maximum atomic E-state index is 13.0. The summed E-state index contributed by atoms with van der Waals surface area (Å²) in [4.78, 5) is 10.9. The van der Waals surface area contributed by atoms with Crippen LogP contribution in [0.5, 0.6) is 0 Å². The summed E-state index contributed by atoms with van der Waals surface area (Å²) in [6.45, 7) is 4.16. The van der Waals surface area contributed by atoms with Crippen LogP contribution in [0, 0.1) is 12.7 Å².